The maximum atomic E-state index is 13.2. The number of amides is 1. The third kappa shape index (κ3) is 5.17. The van der Waals surface area contributed by atoms with E-state index in [0.717, 1.165) is 41.4 Å². The first-order valence-corrected chi connectivity index (χ1v) is 12.3. The van der Waals surface area contributed by atoms with Gasteiger partial charge < -0.3 is 19.7 Å². The summed E-state index contributed by atoms with van der Waals surface area (Å²) in [6.07, 6.45) is 2.06. The van der Waals surface area contributed by atoms with Gasteiger partial charge in [0.2, 0.25) is 5.91 Å². The first-order valence-electron chi connectivity index (χ1n) is 11.4. The fourth-order valence-electron chi connectivity index (χ4n) is 4.36. The monoisotopic (exact) mass is 469 g/mol. The van der Waals surface area contributed by atoms with Crippen molar-refractivity contribution in [3.63, 3.8) is 0 Å². The smallest absolute Gasteiger partial charge is 0.338 e. The maximum Gasteiger partial charge on any atom is 0.338 e. The van der Waals surface area contributed by atoms with Crippen molar-refractivity contribution in [2.75, 3.05) is 13.2 Å². The van der Waals surface area contributed by atoms with Crippen LogP contribution in [0.25, 0.3) is 0 Å². The SMILES string of the molecule is CC1=C(C(=O)OC(C)C)[C@H](c2ccccc2C)N2C(CC(=O)NC[C@@H]3CCCO3)=CSC2=N1. The number of hydrogen-bond acceptors (Lipinski definition) is 7. The molecule has 0 saturated carbocycles. The molecule has 0 aliphatic carbocycles. The van der Waals surface area contributed by atoms with Crippen molar-refractivity contribution in [2.24, 2.45) is 4.99 Å². The highest BCUT2D eigenvalue weighted by molar-refractivity contribution is 8.16. The molecule has 2 atom stereocenters. The number of allylic oxidation sites excluding steroid dienone is 1. The zero-order valence-corrected chi connectivity index (χ0v) is 20.4. The van der Waals surface area contributed by atoms with Crippen LogP contribution in [-0.2, 0) is 19.1 Å². The summed E-state index contributed by atoms with van der Waals surface area (Å²) in [6, 6.07) is 7.60. The summed E-state index contributed by atoms with van der Waals surface area (Å²) in [5.41, 5.74) is 4.03. The quantitative estimate of drug-likeness (QED) is 0.603. The van der Waals surface area contributed by atoms with Crippen LogP contribution in [0.3, 0.4) is 0 Å². The summed E-state index contributed by atoms with van der Waals surface area (Å²) in [5.74, 6) is -0.447. The highest BCUT2D eigenvalue weighted by atomic mass is 32.2. The number of esters is 1. The Balaban J connectivity index is 1.62. The van der Waals surface area contributed by atoms with Crippen molar-refractivity contribution < 1.29 is 19.1 Å². The Morgan fingerprint density at radius 2 is 2.09 bits per heavy atom. The van der Waals surface area contributed by atoms with Crippen LogP contribution in [-0.4, -0.2) is 47.3 Å². The highest BCUT2D eigenvalue weighted by Gasteiger charge is 2.41. The van der Waals surface area contributed by atoms with Crippen LogP contribution in [0.5, 0.6) is 0 Å². The summed E-state index contributed by atoms with van der Waals surface area (Å²) >= 11 is 1.48. The second kappa shape index (κ2) is 10.1. The standard InChI is InChI=1S/C25H31N3O4S/c1-15(2)32-24(30)22-17(4)27-25-28(23(22)20-10-6-5-8-16(20)3)18(14-33-25)12-21(29)26-13-19-9-7-11-31-19/h5-6,8,10,14-15,19,23H,7,9,11-13H2,1-4H3,(H,26,29)/t19-,23-/m0/s1. The first-order chi connectivity index (χ1) is 15.8. The predicted octanol–water partition coefficient (Wildman–Crippen LogP) is 4.21. The Hall–Kier alpha value is -2.58. The lowest BCUT2D eigenvalue weighted by molar-refractivity contribution is -0.143. The molecule has 3 heterocycles. The number of carbonyl (C=O) groups is 2. The zero-order chi connectivity index (χ0) is 23.5. The minimum atomic E-state index is -0.405. The zero-order valence-electron chi connectivity index (χ0n) is 19.6. The van der Waals surface area contributed by atoms with Gasteiger partial charge in [0.15, 0.2) is 5.17 Å². The van der Waals surface area contributed by atoms with E-state index in [1.807, 2.05) is 62.3 Å². The molecule has 0 aromatic heterocycles. The molecule has 1 aromatic carbocycles. The molecular weight excluding hydrogens is 438 g/mol. The Bertz CT molecular complexity index is 1020. The van der Waals surface area contributed by atoms with Gasteiger partial charge in [0.25, 0.3) is 0 Å². The normalized spacial score (nSPS) is 22.3. The van der Waals surface area contributed by atoms with Gasteiger partial charge >= 0.3 is 5.97 Å². The summed E-state index contributed by atoms with van der Waals surface area (Å²) in [7, 11) is 0. The minimum Gasteiger partial charge on any atom is -0.459 e. The summed E-state index contributed by atoms with van der Waals surface area (Å²) < 4.78 is 11.2. The molecule has 0 bridgehead atoms. The van der Waals surface area contributed by atoms with Crippen LogP contribution < -0.4 is 5.32 Å². The summed E-state index contributed by atoms with van der Waals surface area (Å²) in [5, 5.41) is 5.72. The molecule has 3 aliphatic heterocycles. The molecule has 1 saturated heterocycles. The third-order valence-electron chi connectivity index (χ3n) is 5.94. The van der Waals surface area contributed by atoms with Crippen molar-refractivity contribution in [3.8, 4) is 0 Å². The molecule has 0 radical (unpaired) electrons. The van der Waals surface area contributed by atoms with E-state index in [1.54, 1.807) is 0 Å². The molecule has 1 amide bonds. The van der Waals surface area contributed by atoms with E-state index in [2.05, 4.69) is 5.32 Å². The van der Waals surface area contributed by atoms with Gasteiger partial charge in [-0.1, -0.05) is 36.0 Å². The number of hydrogen-bond donors (Lipinski definition) is 1. The number of aryl methyl sites for hydroxylation is 1. The van der Waals surface area contributed by atoms with Crippen molar-refractivity contribution in [3.05, 3.63) is 57.8 Å². The van der Waals surface area contributed by atoms with E-state index in [1.165, 1.54) is 11.8 Å². The van der Waals surface area contributed by atoms with E-state index < -0.39 is 6.04 Å². The van der Waals surface area contributed by atoms with Crippen LogP contribution >= 0.6 is 11.8 Å². The lowest BCUT2D eigenvalue weighted by atomic mass is 9.91. The van der Waals surface area contributed by atoms with Gasteiger partial charge in [-0.3, -0.25) is 4.79 Å². The average Bonchev–Trinajstić information content (AvgIpc) is 3.41. The van der Waals surface area contributed by atoms with Crippen LogP contribution in [0.4, 0.5) is 0 Å². The van der Waals surface area contributed by atoms with E-state index in [9.17, 15) is 9.59 Å². The van der Waals surface area contributed by atoms with Crippen molar-refractivity contribution in [1.29, 1.82) is 0 Å². The Kier molecular flexibility index (Phi) is 7.24. The Morgan fingerprint density at radius 3 is 2.79 bits per heavy atom. The number of thioether (sulfide) groups is 1. The summed E-state index contributed by atoms with van der Waals surface area (Å²) in [6.45, 7) is 8.83. The van der Waals surface area contributed by atoms with Crippen molar-refractivity contribution >= 4 is 28.8 Å². The number of benzene rings is 1. The third-order valence-corrected chi connectivity index (χ3v) is 6.83. The number of rotatable bonds is 7. The summed E-state index contributed by atoms with van der Waals surface area (Å²) in [4.78, 5) is 32.7. The fraction of sp³-hybridized carbons (Fsp3) is 0.480. The molecular formula is C25H31N3O4S. The minimum absolute atomic E-state index is 0.0697. The van der Waals surface area contributed by atoms with Gasteiger partial charge in [-0.05, 0) is 57.1 Å². The first kappa shape index (κ1) is 23.6. The van der Waals surface area contributed by atoms with Gasteiger partial charge in [-0.2, -0.15) is 0 Å². The Labute approximate surface area is 199 Å². The fourth-order valence-corrected chi connectivity index (χ4v) is 5.32. The number of carbonyl (C=O) groups excluding carboxylic acids is 2. The topological polar surface area (TPSA) is 80.2 Å². The number of fused-ring (bicyclic) bond motifs is 1. The number of nitrogens with one attached hydrogen (secondary N) is 1. The predicted molar refractivity (Wildman–Crippen MR) is 129 cm³/mol. The van der Waals surface area contributed by atoms with E-state index in [4.69, 9.17) is 14.5 Å². The van der Waals surface area contributed by atoms with Crippen LogP contribution in [0, 0.1) is 6.92 Å². The number of amidine groups is 1. The average molecular weight is 470 g/mol. The van der Waals surface area contributed by atoms with Gasteiger partial charge in [0, 0.05) is 18.8 Å². The maximum absolute atomic E-state index is 13.2. The van der Waals surface area contributed by atoms with E-state index >= 15 is 0 Å². The van der Waals surface area contributed by atoms with Crippen molar-refractivity contribution in [1.82, 2.24) is 10.2 Å². The van der Waals surface area contributed by atoms with E-state index in [0.29, 0.717) is 17.8 Å². The van der Waals surface area contributed by atoms with Gasteiger partial charge in [-0.25, -0.2) is 9.79 Å². The molecule has 7 nitrogen and oxygen atoms in total. The van der Waals surface area contributed by atoms with Crippen LogP contribution in [0.2, 0.25) is 0 Å². The molecule has 0 unspecified atom stereocenters. The number of nitrogens with zero attached hydrogens (tertiary/aromatic N) is 2. The molecule has 1 N–H and O–H groups in total. The molecule has 4 rings (SSSR count). The molecule has 3 aliphatic rings. The van der Waals surface area contributed by atoms with Crippen LogP contribution in [0.15, 0.2) is 51.6 Å². The van der Waals surface area contributed by atoms with Crippen LogP contribution in [0.1, 0.15) is 57.2 Å². The highest BCUT2D eigenvalue weighted by Crippen LogP contribution is 2.45. The lowest BCUT2D eigenvalue weighted by Gasteiger charge is -2.37. The van der Waals surface area contributed by atoms with Gasteiger partial charge in [-0.15, -0.1) is 0 Å². The molecule has 1 aromatic rings. The van der Waals surface area contributed by atoms with Gasteiger partial charge in [0.1, 0.15) is 0 Å². The number of aliphatic imine (C=N–C) groups is 1. The molecule has 33 heavy (non-hydrogen) atoms. The van der Waals surface area contributed by atoms with Crippen molar-refractivity contribution in [2.45, 2.75) is 65.2 Å². The molecule has 8 heteroatoms. The Morgan fingerprint density at radius 1 is 1.30 bits per heavy atom. The molecule has 176 valence electrons. The van der Waals surface area contributed by atoms with Gasteiger partial charge in [0.05, 0.1) is 35.9 Å². The number of ether oxygens (including phenoxy) is 2. The van der Waals surface area contributed by atoms with E-state index in [-0.39, 0.29) is 30.5 Å². The largest absolute Gasteiger partial charge is 0.459 e. The lowest BCUT2D eigenvalue weighted by Crippen LogP contribution is -2.39. The molecule has 0 spiro atoms. The second-order valence-electron chi connectivity index (χ2n) is 8.82. The molecule has 1 fully saturated rings. The second-order valence-corrected chi connectivity index (χ2v) is 9.66.